The Balaban J connectivity index is 1.33. The third-order valence-electron chi connectivity index (χ3n) is 18.7. The van der Waals surface area contributed by atoms with Crippen LogP contribution in [0, 0.1) is 0 Å². The molecule has 13 rings (SSSR count). The van der Waals surface area contributed by atoms with Crippen molar-refractivity contribution in [2.24, 2.45) is 0 Å². The van der Waals surface area contributed by atoms with Crippen LogP contribution in [-0.2, 0) is 38.9 Å². The number of unbranched alkanes of at least 4 members (excludes halogenated alkanes) is 1. The first kappa shape index (κ1) is 48.9. The normalized spacial score (nSPS) is 14.9. The molecule has 6 heterocycles. The Hall–Kier alpha value is -5.67. The van der Waals surface area contributed by atoms with Crippen molar-refractivity contribution in [3.05, 3.63) is 136 Å². The van der Waals surface area contributed by atoms with Crippen molar-refractivity contribution in [1.82, 2.24) is 9.13 Å². The second-order valence-corrected chi connectivity index (χ2v) is 30.1. The summed E-state index contributed by atoms with van der Waals surface area (Å²) in [4.78, 5) is 0. The molecule has 2 nitrogen and oxygen atoms in total. The Labute approximate surface area is 450 Å². The molecule has 0 amide bonds. The summed E-state index contributed by atoms with van der Waals surface area (Å²) < 4.78 is 5.74. The van der Waals surface area contributed by atoms with Gasteiger partial charge < -0.3 is 9.13 Å². The fourth-order valence-electron chi connectivity index (χ4n) is 14.4. The molecule has 0 N–H and O–H groups in total. The summed E-state index contributed by atoms with van der Waals surface area (Å²) in [5.41, 5.74) is 31.8. The van der Waals surface area contributed by atoms with Crippen molar-refractivity contribution in [3.8, 4) is 11.4 Å². The van der Waals surface area contributed by atoms with Gasteiger partial charge in [0.05, 0.1) is 0 Å². The molecule has 0 unspecified atom stereocenters. The number of hydrogen-bond acceptors (Lipinski definition) is 0. The summed E-state index contributed by atoms with van der Waals surface area (Å²) in [6, 6.07) is 41.1. The Morgan fingerprint density at radius 2 is 0.613 bits per heavy atom. The van der Waals surface area contributed by atoms with Crippen molar-refractivity contribution in [2.45, 2.75) is 183 Å². The van der Waals surface area contributed by atoms with Crippen LogP contribution < -0.4 is 49.2 Å². The summed E-state index contributed by atoms with van der Waals surface area (Å²) in [6.45, 7) is 45.8. The number of benzene rings is 7. The van der Waals surface area contributed by atoms with Crippen molar-refractivity contribution < 1.29 is 0 Å². The fourth-order valence-corrected chi connectivity index (χ4v) is 14.4. The number of aromatic nitrogens is 2. The van der Waals surface area contributed by atoms with Gasteiger partial charge in [0.2, 0.25) is 13.4 Å². The lowest BCUT2D eigenvalue weighted by atomic mass is 9.26. The van der Waals surface area contributed by atoms with Crippen molar-refractivity contribution in [2.75, 3.05) is 0 Å². The highest BCUT2D eigenvalue weighted by Gasteiger charge is 2.52. The summed E-state index contributed by atoms with van der Waals surface area (Å²) in [5.74, 6) is 0. The molecule has 0 radical (unpaired) electrons. The third-order valence-corrected chi connectivity index (χ3v) is 18.7. The van der Waals surface area contributed by atoms with Crippen molar-refractivity contribution in [1.29, 1.82) is 0 Å². The maximum absolute atomic E-state index is 2.87. The summed E-state index contributed by atoms with van der Waals surface area (Å²) in [6.07, 6.45) is 3.28. The number of fused-ring (bicyclic) bond motifs is 4. The van der Waals surface area contributed by atoms with Gasteiger partial charge in [0.1, 0.15) is 0 Å². The molecule has 0 atom stereocenters. The highest BCUT2D eigenvalue weighted by atomic mass is 15.0. The van der Waals surface area contributed by atoms with Crippen LogP contribution in [0.4, 0.5) is 0 Å². The van der Waals surface area contributed by atoms with E-state index in [0.717, 1.165) is 19.3 Å². The first-order valence-corrected chi connectivity index (χ1v) is 28.8. The van der Waals surface area contributed by atoms with E-state index in [1.165, 1.54) is 127 Å². The van der Waals surface area contributed by atoms with Gasteiger partial charge in [-0.15, -0.1) is 0 Å². The Morgan fingerprint density at radius 1 is 0.333 bits per heavy atom. The van der Waals surface area contributed by atoms with Crippen LogP contribution in [0.1, 0.15) is 183 Å². The molecular formula is C70H79B3N2. The van der Waals surface area contributed by atoms with Gasteiger partial charge in [-0.3, -0.25) is 0 Å². The summed E-state index contributed by atoms with van der Waals surface area (Å²) in [5, 5.41) is 5.65. The number of rotatable bonds is 5. The standard InChI is InChI=1S/C70H79B3N2/c1-20-21-22-47-56-63-58-64-57(47)72(46-29-25-40(26-30-46)66(5,6)7)53-36-42(68(11,12)13)32-49-51-34-44(70(17,18)19)38-55(62(51)75(64)60(49)53)73(58)54-37-43(69(14,15)16)33-50-48-31-41(67(8,9)10)35-52(59(48)74(63)61(50)54)71(56)45-27-23-39(24-28-45)65(2,3)4/h23-38H,20-22H2,1-19H3. The molecule has 75 heavy (non-hydrogen) atoms. The minimum Gasteiger partial charge on any atom is -0.311 e. The predicted octanol–water partition coefficient (Wildman–Crippen LogP) is 11.8. The largest absolute Gasteiger partial charge is 0.311 e. The van der Waals surface area contributed by atoms with E-state index in [9.17, 15) is 0 Å². The van der Waals surface area contributed by atoms with Gasteiger partial charge in [0.25, 0.3) is 6.71 Å². The van der Waals surface area contributed by atoms with Crippen LogP contribution in [0.25, 0.3) is 55.0 Å². The minimum absolute atomic E-state index is 0.0338. The van der Waals surface area contributed by atoms with E-state index in [-0.39, 0.29) is 52.6 Å². The van der Waals surface area contributed by atoms with Gasteiger partial charge in [-0.25, -0.2) is 0 Å². The summed E-state index contributed by atoms with van der Waals surface area (Å²) in [7, 11) is 0. The Morgan fingerprint density at radius 3 is 0.880 bits per heavy atom. The quantitative estimate of drug-likeness (QED) is 0.152. The number of nitrogens with zero attached hydrogens (tertiary/aromatic N) is 2. The molecule has 0 spiro atoms. The molecule has 0 bridgehead atoms. The highest BCUT2D eigenvalue weighted by molar-refractivity contribution is 7.06. The van der Waals surface area contributed by atoms with Crippen LogP contribution >= 0.6 is 0 Å². The molecule has 4 aliphatic rings. The predicted molar refractivity (Wildman–Crippen MR) is 333 cm³/mol. The average molecular weight is 981 g/mol. The van der Waals surface area contributed by atoms with Crippen LogP contribution in [0.5, 0.6) is 0 Å². The van der Waals surface area contributed by atoms with Gasteiger partial charge in [-0.05, 0) is 141 Å². The van der Waals surface area contributed by atoms with E-state index in [1.54, 1.807) is 16.5 Å². The number of hydrogen-bond donors (Lipinski definition) is 0. The van der Waals surface area contributed by atoms with Crippen LogP contribution in [-0.4, -0.2) is 29.3 Å². The third kappa shape index (κ3) is 6.80. The maximum Gasteiger partial charge on any atom is 0.252 e. The molecule has 378 valence electrons. The first-order chi connectivity index (χ1) is 35.0. The van der Waals surface area contributed by atoms with E-state index in [1.807, 2.05) is 0 Å². The molecule has 9 aromatic rings. The topological polar surface area (TPSA) is 9.86 Å². The molecule has 7 aromatic carbocycles. The Bertz CT molecular complexity index is 3710. The van der Waals surface area contributed by atoms with Gasteiger partial charge in [-0.2, -0.15) is 0 Å². The van der Waals surface area contributed by atoms with E-state index in [4.69, 9.17) is 0 Å². The SMILES string of the molecule is CCCCc1c2c3c4c5c1B(c1ccc(C(C)(C)C)cc1)c1cc(C(C)(C)C)cc6c7cc(C(C)(C)C)cc(c7n-5c16)B4c1cc(C(C)(C)C)cc4c5cc(C(C)(C)C)cc(c5n-3c14)B2c1ccc(C(C)(C)C)cc1. The van der Waals surface area contributed by atoms with Crippen molar-refractivity contribution in [3.63, 3.8) is 0 Å². The zero-order valence-electron chi connectivity index (χ0n) is 49.0. The monoisotopic (exact) mass is 981 g/mol. The second-order valence-electron chi connectivity index (χ2n) is 30.1. The smallest absolute Gasteiger partial charge is 0.252 e. The molecule has 0 aliphatic carbocycles. The molecule has 0 fully saturated rings. The van der Waals surface area contributed by atoms with E-state index in [0.29, 0.717) is 0 Å². The van der Waals surface area contributed by atoms with Gasteiger partial charge in [-0.1, -0.05) is 227 Å². The zero-order chi connectivity index (χ0) is 53.3. The van der Waals surface area contributed by atoms with Crippen LogP contribution in [0.15, 0.2) is 97.1 Å². The average Bonchev–Trinajstić information content (AvgIpc) is 4.03. The van der Waals surface area contributed by atoms with E-state index >= 15 is 0 Å². The second kappa shape index (κ2) is 15.3. The van der Waals surface area contributed by atoms with Crippen LogP contribution in [0.3, 0.4) is 0 Å². The van der Waals surface area contributed by atoms with E-state index < -0.39 is 0 Å². The lowest BCUT2D eigenvalue weighted by Gasteiger charge is -2.44. The molecule has 0 saturated heterocycles. The minimum atomic E-state index is -0.0648. The van der Waals surface area contributed by atoms with E-state index in [2.05, 4.69) is 238 Å². The lowest BCUT2D eigenvalue weighted by Crippen LogP contribution is -2.71. The maximum atomic E-state index is 2.87. The molecular weight excluding hydrogens is 901 g/mol. The van der Waals surface area contributed by atoms with Gasteiger partial charge in [0, 0.05) is 55.0 Å². The molecule has 5 heteroatoms. The zero-order valence-corrected chi connectivity index (χ0v) is 49.0. The molecule has 4 aliphatic heterocycles. The van der Waals surface area contributed by atoms with Gasteiger partial charge in [0.15, 0.2) is 0 Å². The fraction of sp³-hybridized carbons (Fsp3) is 0.400. The first-order valence-electron chi connectivity index (χ1n) is 28.8. The lowest BCUT2D eigenvalue weighted by molar-refractivity contribution is 0.590. The van der Waals surface area contributed by atoms with Crippen molar-refractivity contribution >= 4 is 113 Å². The molecule has 0 saturated carbocycles. The van der Waals surface area contributed by atoms with Gasteiger partial charge >= 0.3 is 0 Å². The molecule has 2 aromatic heterocycles. The Kier molecular flexibility index (Phi) is 9.98. The summed E-state index contributed by atoms with van der Waals surface area (Å²) >= 11 is 0. The van der Waals surface area contributed by atoms with Crippen LogP contribution in [0.2, 0.25) is 0 Å². The highest BCUT2D eigenvalue weighted by Crippen LogP contribution is 2.45.